The summed E-state index contributed by atoms with van der Waals surface area (Å²) in [6, 6.07) is 8.28. The van der Waals surface area contributed by atoms with Crippen LogP contribution >= 0.6 is 11.3 Å². The lowest BCUT2D eigenvalue weighted by Gasteiger charge is -2.19. The second kappa shape index (κ2) is 7.78. The van der Waals surface area contributed by atoms with Crippen LogP contribution in [0.15, 0.2) is 36.7 Å². The Morgan fingerprint density at radius 3 is 3.00 bits per heavy atom. The summed E-state index contributed by atoms with van der Waals surface area (Å²) in [7, 11) is 1.82. The molecule has 6 N–H and O–H groups in total. The van der Waals surface area contributed by atoms with Gasteiger partial charge in [-0.15, -0.1) is 0 Å². The zero-order valence-electron chi connectivity index (χ0n) is 15.7. The number of hydrogen-bond donors (Lipinski definition) is 4. The summed E-state index contributed by atoms with van der Waals surface area (Å²) in [5, 5.41) is 18.8. The van der Waals surface area contributed by atoms with Crippen molar-refractivity contribution in [1.29, 1.82) is 0 Å². The Hall–Kier alpha value is -2.62. The number of aromatic nitrogens is 3. The first-order valence-corrected chi connectivity index (χ1v) is 10.1. The van der Waals surface area contributed by atoms with Crippen LogP contribution in [-0.4, -0.2) is 39.5 Å². The first-order valence-electron chi connectivity index (χ1n) is 9.28. The Morgan fingerprint density at radius 1 is 1.43 bits per heavy atom. The van der Waals surface area contributed by atoms with Crippen LogP contribution in [0.3, 0.4) is 0 Å². The van der Waals surface area contributed by atoms with Crippen LogP contribution in [-0.2, 0) is 7.05 Å². The molecule has 0 radical (unpaired) electrons. The molecule has 1 aliphatic heterocycles. The third-order valence-electron chi connectivity index (χ3n) is 5.03. The van der Waals surface area contributed by atoms with Crippen molar-refractivity contribution in [2.45, 2.75) is 12.6 Å². The summed E-state index contributed by atoms with van der Waals surface area (Å²) < 4.78 is 1.66. The van der Waals surface area contributed by atoms with Gasteiger partial charge >= 0.3 is 0 Å². The Balaban J connectivity index is 1.54. The van der Waals surface area contributed by atoms with E-state index in [2.05, 4.69) is 32.4 Å². The first kappa shape index (κ1) is 18.7. The minimum absolute atomic E-state index is 0.429. The fraction of sp³-hybridized carbons (Fsp3) is 0.368. The monoisotopic (exact) mass is 399 g/mol. The van der Waals surface area contributed by atoms with Crippen LogP contribution in [0.25, 0.3) is 10.6 Å². The van der Waals surface area contributed by atoms with E-state index >= 15 is 0 Å². The predicted molar refractivity (Wildman–Crippen MR) is 113 cm³/mol. The third-order valence-corrected chi connectivity index (χ3v) is 5.98. The molecule has 1 aliphatic rings. The van der Waals surface area contributed by atoms with E-state index in [9.17, 15) is 5.11 Å². The molecule has 0 spiro atoms. The van der Waals surface area contributed by atoms with Gasteiger partial charge in [0.2, 0.25) is 0 Å². The molecule has 0 aliphatic carbocycles. The maximum absolute atomic E-state index is 10.5. The highest BCUT2D eigenvalue weighted by Crippen LogP contribution is 2.35. The number of nitrogens with zero attached hydrogens (tertiary/aromatic N) is 4. The molecule has 8 nitrogen and oxygen atoms in total. The number of aliphatic hydroxyl groups is 1. The SMILES string of the molecule is Cn1cc(NC(O)c2nc(-c3cccc(N4CC[C@@H](CN)C4)c3)sc2N)cn1. The van der Waals surface area contributed by atoms with Crippen molar-refractivity contribution in [2.75, 3.05) is 35.6 Å². The average molecular weight is 400 g/mol. The van der Waals surface area contributed by atoms with Gasteiger partial charge in [0, 0.05) is 37.6 Å². The summed E-state index contributed by atoms with van der Waals surface area (Å²) in [6.45, 7) is 2.73. The molecular formula is C19H25N7OS. The summed E-state index contributed by atoms with van der Waals surface area (Å²) in [5.41, 5.74) is 15.2. The number of nitrogens with two attached hydrogens (primary N) is 2. The fourth-order valence-corrected chi connectivity index (χ4v) is 4.34. The van der Waals surface area contributed by atoms with E-state index in [0.29, 0.717) is 22.3 Å². The summed E-state index contributed by atoms with van der Waals surface area (Å²) in [5.74, 6) is 0.555. The van der Waals surface area contributed by atoms with Crippen molar-refractivity contribution in [3.63, 3.8) is 0 Å². The van der Waals surface area contributed by atoms with Crippen molar-refractivity contribution in [3.05, 3.63) is 42.4 Å². The van der Waals surface area contributed by atoms with Crippen molar-refractivity contribution in [1.82, 2.24) is 14.8 Å². The number of anilines is 3. The van der Waals surface area contributed by atoms with E-state index < -0.39 is 6.23 Å². The molecule has 148 valence electrons. The molecule has 1 aromatic carbocycles. The van der Waals surface area contributed by atoms with Gasteiger partial charge in [0.05, 0.1) is 11.9 Å². The number of benzene rings is 1. The molecule has 3 aromatic rings. The van der Waals surface area contributed by atoms with Gasteiger partial charge in [-0.1, -0.05) is 23.5 Å². The second-order valence-electron chi connectivity index (χ2n) is 7.10. The second-order valence-corrected chi connectivity index (χ2v) is 8.14. The van der Waals surface area contributed by atoms with E-state index in [1.54, 1.807) is 17.1 Å². The molecule has 0 saturated carbocycles. The number of nitrogen functional groups attached to an aromatic ring is 1. The highest BCUT2D eigenvalue weighted by atomic mass is 32.1. The Bertz CT molecular complexity index is 953. The van der Waals surface area contributed by atoms with Crippen molar-refractivity contribution < 1.29 is 5.11 Å². The minimum Gasteiger partial charge on any atom is -0.389 e. The predicted octanol–water partition coefficient (Wildman–Crippen LogP) is 2.01. The summed E-state index contributed by atoms with van der Waals surface area (Å²) >= 11 is 1.38. The fourth-order valence-electron chi connectivity index (χ4n) is 3.48. The average Bonchev–Trinajstić information content (AvgIpc) is 3.41. The minimum atomic E-state index is -0.999. The summed E-state index contributed by atoms with van der Waals surface area (Å²) in [4.78, 5) is 6.96. The number of aryl methyl sites for hydroxylation is 1. The molecule has 2 atom stereocenters. The molecule has 0 amide bonds. The van der Waals surface area contributed by atoms with Gasteiger partial charge in [-0.05, 0) is 31.0 Å². The van der Waals surface area contributed by atoms with Crippen molar-refractivity contribution in [3.8, 4) is 10.6 Å². The third kappa shape index (κ3) is 3.82. The molecule has 1 saturated heterocycles. The van der Waals surface area contributed by atoms with Crippen LogP contribution in [0.4, 0.5) is 16.4 Å². The van der Waals surface area contributed by atoms with E-state index in [-0.39, 0.29) is 0 Å². The van der Waals surface area contributed by atoms with Crippen LogP contribution < -0.4 is 21.7 Å². The maximum atomic E-state index is 10.5. The highest BCUT2D eigenvalue weighted by molar-refractivity contribution is 7.18. The smallest absolute Gasteiger partial charge is 0.171 e. The number of aliphatic hydroxyl groups excluding tert-OH is 1. The van der Waals surface area contributed by atoms with Crippen molar-refractivity contribution in [2.24, 2.45) is 18.7 Å². The van der Waals surface area contributed by atoms with Crippen LogP contribution in [0.5, 0.6) is 0 Å². The largest absolute Gasteiger partial charge is 0.389 e. The normalized spacial score (nSPS) is 17.8. The van der Waals surface area contributed by atoms with E-state index in [1.165, 1.54) is 11.3 Å². The summed E-state index contributed by atoms with van der Waals surface area (Å²) in [6.07, 6.45) is 3.55. The van der Waals surface area contributed by atoms with Gasteiger partial charge in [-0.25, -0.2) is 4.98 Å². The number of thiazole rings is 1. The lowest BCUT2D eigenvalue weighted by molar-refractivity contribution is 0.205. The first-order chi connectivity index (χ1) is 13.5. The van der Waals surface area contributed by atoms with E-state index in [0.717, 1.165) is 42.3 Å². The van der Waals surface area contributed by atoms with Gasteiger partial charge in [0.15, 0.2) is 6.23 Å². The van der Waals surface area contributed by atoms with Crippen LogP contribution in [0.2, 0.25) is 0 Å². The zero-order chi connectivity index (χ0) is 19.7. The van der Waals surface area contributed by atoms with Gasteiger partial charge in [0.1, 0.15) is 15.7 Å². The Kier molecular flexibility index (Phi) is 5.21. The van der Waals surface area contributed by atoms with Gasteiger partial charge in [-0.3, -0.25) is 4.68 Å². The van der Waals surface area contributed by atoms with E-state index in [1.807, 2.05) is 19.2 Å². The van der Waals surface area contributed by atoms with Gasteiger partial charge < -0.3 is 26.8 Å². The van der Waals surface area contributed by atoms with Gasteiger partial charge in [0.25, 0.3) is 0 Å². The molecule has 3 heterocycles. The standard InChI is InChI=1S/C19H25N7OS/c1-25-11-14(9-22-25)23-18(27)16-17(21)28-19(24-16)13-3-2-4-15(7-13)26-6-5-12(8-20)10-26/h2-4,7,9,11-12,18,23,27H,5-6,8,10,20-21H2,1H3/t12-,18?/m0/s1. The Labute approximate surface area is 167 Å². The number of hydrogen-bond acceptors (Lipinski definition) is 8. The van der Waals surface area contributed by atoms with E-state index in [4.69, 9.17) is 11.5 Å². The molecule has 9 heteroatoms. The van der Waals surface area contributed by atoms with Crippen molar-refractivity contribution >= 4 is 27.7 Å². The molecule has 2 aromatic heterocycles. The Morgan fingerprint density at radius 2 is 2.29 bits per heavy atom. The molecule has 4 rings (SSSR count). The van der Waals surface area contributed by atoms with Gasteiger partial charge in [-0.2, -0.15) is 5.10 Å². The maximum Gasteiger partial charge on any atom is 0.171 e. The zero-order valence-corrected chi connectivity index (χ0v) is 16.6. The van der Waals surface area contributed by atoms with Crippen LogP contribution in [0, 0.1) is 5.92 Å². The molecule has 1 fully saturated rings. The highest BCUT2D eigenvalue weighted by Gasteiger charge is 2.22. The molecule has 28 heavy (non-hydrogen) atoms. The lowest BCUT2D eigenvalue weighted by Crippen LogP contribution is -2.22. The lowest BCUT2D eigenvalue weighted by atomic mass is 10.1. The number of nitrogens with one attached hydrogen (secondary N) is 1. The number of rotatable bonds is 6. The molecule has 1 unspecified atom stereocenters. The topological polar surface area (TPSA) is 118 Å². The molecule has 0 bridgehead atoms. The van der Waals surface area contributed by atoms with Crippen LogP contribution in [0.1, 0.15) is 18.3 Å². The quantitative estimate of drug-likeness (QED) is 0.468. The molecular weight excluding hydrogens is 374 g/mol.